The summed E-state index contributed by atoms with van der Waals surface area (Å²) in [5.41, 5.74) is 0. The molecule has 1 N–H and O–H groups in total. The van der Waals surface area contributed by atoms with Crippen molar-refractivity contribution < 1.29 is 19.4 Å². The van der Waals surface area contributed by atoms with Crippen LogP contribution in [0.4, 0.5) is 0 Å². The Morgan fingerprint density at radius 3 is 2.87 bits per heavy atom. The Bertz CT molecular complexity index is 205. The maximum atomic E-state index is 10.5. The lowest BCUT2D eigenvalue weighted by Crippen LogP contribution is -2.19. The van der Waals surface area contributed by atoms with Gasteiger partial charge in [-0.3, -0.25) is 4.79 Å². The Morgan fingerprint density at radius 2 is 2.33 bits per heavy atom. The topological polar surface area (TPSA) is 55.8 Å². The summed E-state index contributed by atoms with van der Waals surface area (Å²) in [5.74, 6) is -0.242. The first-order valence-electron chi connectivity index (χ1n) is 5.60. The largest absolute Gasteiger partial charge is 0.466 e. The number of aliphatic hydroxyl groups excluding tert-OH is 1. The zero-order valence-corrected chi connectivity index (χ0v) is 9.44. The third kappa shape index (κ3) is 4.18. The van der Waals surface area contributed by atoms with Crippen LogP contribution in [0.15, 0.2) is 0 Å². The van der Waals surface area contributed by atoms with E-state index in [9.17, 15) is 9.90 Å². The minimum absolute atomic E-state index is 0.0104. The molecule has 0 amide bonds. The quantitative estimate of drug-likeness (QED) is 0.555. The molecule has 1 saturated heterocycles. The standard InChI is InChI=1S/C11H20O4/c1-3-11-10(13)7-9(15-11)5-4-6-14-8(2)12/h9-11,13H,3-7H2,1-2H3/t9-,10+,11+/m0/s1. The second-order valence-corrected chi connectivity index (χ2v) is 3.99. The number of aliphatic hydroxyl groups is 1. The van der Waals surface area contributed by atoms with E-state index < -0.39 is 0 Å². The highest BCUT2D eigenvalue weighted by Gasteiger charge is 2.31. The van der Waals surface area contributed by atoms with E-state index >= 15 is 0 Å². The van der Waals surface area contributed by atoms with Crippen molar-refractivity contribution in [3.8, 4) is 0 Å². The van der Waals surface area contributed by atoms with E-state index in [4.69, 9.17) is 9.47 Å². The number of carbonyl (C=O) groups excluding carboxylic acids is 1. The van der Waals surface area contributed by atoms with E-state index in [2.05, 4.69) is 0 Å². The van der Waals surface area contributed by atoms with E-state index in [1.165, 1.54) is 6.92 Å². The van der Waals surface area contributed by atoms with E-state index in [0.717, 1.165) is 19.3 Å². The minimum atomic E-state index is -0.325. The first kappa shape index (κ1) is 12.5. The highest BCUT2D eigenvalue weighted by Crippen LogP contribution is 2.25. The molecule has 1 rings (SSSR count). The third-order valence-corrected chi connectivity index (χ3v) is 2.68. The highest BCUT2D eigenvalue weighted by atomic mass is 16.5. The number of rotatable bonds is 5. The van der Waals surface area contributed by atoms with Crippen molar-refractivity contribution in [3.05, 3.63) is 0 Å². The third-order valence-electron chi connectivity index (χ3n) is 2.68. The molecule has 0 unspecified atom stereocenters. The van der Waals surface area contributed by atoms with Crippen LogP contribution >= 0.6 is 0 Å². The minimum Gasteiger partial charge on any atom is -0.466 e. The fraction of sp³-hybridized carbons (Fsp3) is 0.909. The molecule has 1 heterocycles. The van der Waals surface area contributed by atoms with E-state index in [1.54, 1.807) is 0 Å². The van der Waals surface area contributed by atoms with Crippen molar-refractivity contribution in [1.29, 1.82) is 0 Å². The Hall–Kier alpha value is -0.610. The molecule has 1 fully saturated rings. The summed E-state index contributed by atoms with van der Waals surface area (Å²) in [6, 6.07) is 0. The zero-order valence-electron chi connectivity index (χ0n) is 9.44. The number of hydrogen-bond donors (Lipinski definition) is 1. The van der Waals surface area contributed by atoms with Crippen LogP contribution in [-0.4, -0.2) is 36.0 Å². The molecule has 0 aromatic heterocycles. The van der Waals surface area contributed by atoms with Crippen LogP contribution in [0.3, 0.4) is 0 Å². The summed E-state index contributed by atoms with van der Waals surface area (Å²) < 4.78 is 10.5. The summed E-state index contributed by atoms with van der Waals surface area (Å²) >= 11 is 0. The number of ether oxygens (including phenoxy) is 2. The molecule has 1 aliphatic rings. The van der Waals surface area contributed by atoms with Gasteiger partial charge in [-0.15, -0.1) is 0 Å². The molecule has 1 aliphatic heterocycles. The van der Waals surface area contributed by atoms with Gasteiger partial charge in [-0.25, -0.2) is 0 Å². The van der Waals surface area contributed by atoms with Gasteiger partial charge in [-0.05, 0) is 19.3 Å². The molecule has 3 atom stereocenters. The maximum absolute atomic E-state index is 10.5. The Morgan fingerprint density at radius 1 is 1.60 bits per heavy atom. The van der Waals surface area contributed by atoms with Crippen molar-refractivity contribution in [2.24, 2.45) is 0 Å². The summed E-state index contributed by atoms with van der Waals surface area (Å²) in [4.78, 5) is 10.5. The summed E-state index contributed by atoms with van der Waals surface area (Å²) in [6.07, 6.45) is 2.99. The first-order valence-corrected chi connectivity index (χ1v) is 5.60. The van der Waals surface area contributed by atoms with Gasteiger partial charge in [0.1, 0.15) is 0 Å². The number of esters is 1. The lowest BCUT2D eigenvalue weighted by molar-refractivity contribution is -0.141. The number of hydrogen-bond acceptors (Lipinski definition) is 4. The van der Waals surface area contributed by atoms with Crippen LogP contribution < -0.4 is 0 Å². The lowest BCUT2D eigenvalue weighted by atomic mass is 10.1. The van der Waals surface area contributed by atoms with Gasteiger partial charge >= 0.3 is 5.97 Å². The van der Waals surface area contributed by atoms with Gasteiger partial charge in [0.2, 0.25) is 0 Å². The monoisotopic (exact) mass is 216 g/mol. The smallest absolute Gasteiger partial charge is 0.302 e. The van der Waals surface area contributed by atoms with Crippen LogP contribution in [0.5, 0.6) is 0 Å². The van der Waals surface area contributed by atoms with Gasteiger partial charge in [0, 0.05) is 13.3 Å². The average molecular weight is 216 g/mol. The van der Waals surface area contributed by atoms with Gasteiger partial charge in [0.05, 0.1) is 24.9 Å². The SMILES string of the molecule is CC[C@H]1O[C@@H](CCCOC(C)=O)C[C@H]1O. The van der Waals surface area contributed by atoms with Gasteiger partial charge in [0.25, 0.3) is 0 Å². The fourth-order valence-corrected chi connectivity index (χ4v) is 1.90. The molecule has 0 spiro atoms. The second-order valence-electron chi connectivity index (χ2n) is 3.99. The molecule has 0 saturated carbocycles. The second kappa shape index (κ2) is 6.08. The van der Waals surface area contributed by atoms with Gasteiger partial charge in [-0.2, -0.15) is 0 Å². The van der Waals surface area contributed by atoms with Gasteiger partial charge in [0.15, 0.2) is 0 Å². The molecule has 4 nitrogen and oxygen atoms in total. The molecule has 0 radical (unpaired) electrons. The van der Waals surface area contributed by atoms with E-state index in [1.807, 2.05) is 6.92 Å². The fourth-order valence-electron chi connectivity index (χ4n) is 1.90. The van der Waals surface area contributed by atoms with E-state index in [0.29, 0.717) is 13.0 Å². The summed E-state index contributed by atoms with van der Waals surface area (Å²) in [5, 5.41) is 9.59. The van der Waals surface area contributed by atoms with Crippen LogP contribution in [0.25, 0.3) is 0 Å². The van der Waals surface area contributed by atoms with Gasteiger partial charge in [-0.1, -0.05) is 6.92 Å². The summed E-state index contributed by atoms with van der Waals surface area (Å²) in [6.45, 7) is 3.86. The Balaban J connectivity index is 2.10. The van der Waals surface area contributed by atoms with Crippen molar-refractivity contribution in [3.63, 3.8) is 0 Å². The predicted molar refractivity (Wildman–Crippen MR) is 55.4 cm³/mol. The normalized spacial score (nSPS) is 30.5. The predicted octanol–water partition coefficient (Wildman–Crippen LogP) is 1.26. The van der Waals surface area contributed by atoms with Crippen LogP contribution in [0, 0.1) is 0 Å². The van der Waals surface area contributed by atoms with Crippen LogP contribution in [0.1, 0.15) is 39.5 Å². The number of carbonyl (C=O) groups is 1. The molecular weight excluding hydrogens is 196 g/mol. The van der Waals surface area contributed by atoms with Crippen molar-refractivity contribution in [1.82, 2.24) is 0 Å². The van der Waals surface area contributed by atoms with Crippen molar-refractivity contribution in [2.45, 2.75) is 57.8 Å². The zero-order chi connectivity index (χ0) is 11.3. The van der Waals surface area contributed by atoms with Crippen LogP contribution in [0.2, 0.25) is 0 Å². The van der Waals surface area contributed by atoms with E-state index in [-0.39, 0.29) is 24.3 Å². The van der Waals surface area contributed by atoms with Crippen LogP contribution in [-0.2, 0) is 14.3 Å². The Labute approximate surface area is 90.6 Å². The molecule has 4 heteroatoms. The average Bonchev–Trinajstić information content (AvgIpc) is 2.53. The van der Waals surface area contributed by atoms with Crippen molar-refractivity contribution in [2.75, 3.05) is 6.61 Å². The molecule has 0 bridgehead atoms. The maximum Gasteiger partial charge on any atom is 0.302 e. The molecule has 15 heavy (non-hydrogen) atoms. The van der Waals surface area contributed by atoms with Gasteiger partial charge < -0.3 is 14.6 Å². The molecule has 0 aromatic rings. The van der Waals surface area contributed by atoms with Crippen molar-refractivity contribution >= 4 is 5.97 Å². The molecule has 88 valence electrons. The lowest BCUT2D eigenvalue weighted by Gasteiger charge is -2.12. The Kier molecular flexibility index (Phi) is 5.05. The molecule has 0 aromatic carbocycles. The summed E-state index contributed by atoms with van der Waals surface area (Å²) in [7, 11) is 0. The highest BCUT2D eigenvalue weighted by molar-refractivity contribution is 5.65. The molecular formula is C11H20O4. The molecule has 0 aliphatic carbocycles. The first-order chi connectivity index (χ1) is 7.13.